The molecule has 0 spiro atoms. The second kappa shape index (κ2) is 10.7. The van der Waals surface area contributed by atoms with Gasteiger partial charge < -0.3 is 20.9 Å². The van der Waals surface area contributed by atoms with Crippen molar-refractivity contribution in [3.05, 3.63) is 52.1 Å². The number of hydrogen-bond acceptors (Lipinski definition) is 5. The van der Waals surface area contributed by atoms with Gasteiger partial charge >= 0.3 is 6.03 Å². The summed E-state index contributed by atoms with van der Waals surface area (Å²) in [7, 11) is 0. The van der Waals surface area contributed by atoms with Gasteiger partial charge in [-0.05, 0) is 69.3 Å². The highest BCUT2D eigenvalue weighted by Crippen LogP contribution is 2.21. The van der Waals surface area contributed by atoms with Gasteiger partial charge in [-0.2, -0.15) is 0 Å². The van der Waals surface area contributed by atoms with E-state index in [0.29, 0.717) is 25.5 Å². The van der Waals surface area contributed by atoms with E-state index in [0.717, 1.165) is 49.0 Å². The lowest BCUT2D eigenvalue weighted by Gasteiger charge is -2.35. The van der Waals surface area contributed by atoms with Gasteiger partial charge in [0.1, 0.15) is 5.82 Å². The van der Waals surface area contributed by atoms with Gasteiger partial charge in [-0.15, -0.1) is 0 Å². The van der Waals surface area contributed by atoms with Gasteiger partial charge in [0, 0.05) is 30.9 Å². The largest absolute Gasteiger partial charge is 0.352 e. The van der Waals surface area contributed by atoms with Gasteiger partial charge in [0.25, 0.3) is 0 Å². The minimum Gasteiger partial charge on any atom is -0.352 e. The van der Waals surface area contributed by atoms with Gasteiger partial charge in [-0.3, -0.25) is 0 Å². The zero-order valence-electron chi connectivity index (χ0n) is 19.2. The number of rotatable bonds is 6. The number of amides is 2. The summed E-state index contributed by atoms with van der Waals surface area (Å²) >= 11 is 5.85. The van der Waals surface area contributed by atoms with Crippen LogP contribution in [0.4, 0.5) is 15.1 Å². The maximum Gasteiger partial charge on any atom is 0.318 e. The summed E-state index contributed by atoms with van der Waals surface area (Å²) in [6.45, 7) is 6.05. The molecule has 1 fully saturated rings. The second-order valence-corrected chi connectivity index (χ2v) is 9.61. The van der Waals surface area contributed by atoms with Crippen LogP contribution in [0, 0.1) is 5.82 Å². The molecular formula is C24H32ClFN6O. The number of halogens is 2. The third-order valence-corrected chi connectivity index (χ3v) is 6.54. The lowest BCUT2D eigenvalue weighted by molar-refractivity contribution is 0.181. The number of carbonyl (C=O) groups excluding carboxylic acids is 1. The zero-order valence-corrected chi connectivity index (χ0v) is 20.0. The number of nitrogens with zero attached hydrogens (tertiary/aromatic N) is 3. The van der Waals surface area contributed by atoms with Crippen molar-refractivity contribution in [2.24, 2.45) is 0 Å². The predicted octanol–water partition coefficient (Wildman–Crippen LogP) is 3.91. The molecule has 4 rings (SSSR count). The van der Waals surface area contributed by atoms with Crippen molar-refractivity contribution in [1.82, 2.24) is 25.5 Å². The highest BCUT2D eigenvalue weighted by atomic mass is 35.5. The average molecular weight is 475 g/mol. The number of anilines is 1. The summed E-state index contributed by atoms with van der Waals surface area (Å²) < 4.78 is 14.0. The first-order valence-electron chi connectivity index (χ1n) is 11.7. The molecule has 7 nitrogen and oxygen atoms in total. The minimum absolute atomic E-state index is 0.107. The smallest absolute Gasteiger partial charge is 0.318 e. The van der Waals surface area contributed by atoms with E-state index >= 15 is 0 Å². The van der Waals surface area contributed by atoms with E-state index in [1.807, 2.05) is 26.1 Å². The van der Waals surface area contributed by atoms with Gasteiger partial charge in [-0.25, -0.2) is 19.2 Å². The predicted molar refractivity (Wildman–Crippen MR) is 128 cm³/mol. The second-order valence-electron chi connectivity index (χ2n) is 9.20. The molecule has 2 atom stereocenters. The summed E-state index contributed by atoms with van der Waals surface area (Å²) in [4.78, 5) is 24.1. The van der Waals surface area contributed by atoms with Crippen molar-refractivity contribution in [3.8, 4) is 0 Å². The third-order valence-electron chi connectivity index (χ3n) is 6.23. The Balaban J connectivity index is 1.46. The maximum absolute atomic E-state index is 14.0. The highest BCUT2D eigenvalue weighted by molar-refractivity contribution is 6.30. The molecule has 3 N–H and O–H groups in total. The first-order chi connectivity index (χ1) is 15.9. The molecule has 0 bridgehead atoms. The number of fused-ring (bicyclic) bond motifs is 1. The Morgan fingerprint density at radius 1 is 1.36 bits per heavy atom. The fourth-order valence-corrected chi connectivity index (χ4v) is 4.61. The summed E-state index contributed by atoms with van der Waals surface area (Å²) in [5, 5.41) is 10.1. The molecule has 2 aromatic rings. The van der Waals surface area contributed by atoms with Crippen LogP contribution in [-0.2, 0) is 19.4 Å². The van der Waals surface area contributed by atoms with E-state index in [4.69, 9.17) is 11.6 Å². The van der Waals surface area contributed by atoms with Gasteiger partial charge in [0.2, 0.25) is 5.95 Å². The molecule has 33 heavy (non-hydrogen) atoms. The number of carbonyl (C=O) groups is 1. The van der Waals surface area contributed by atoms with E-state index in [1.54, 1.807) is 11.0 Å². The number of nitrogens with one attached hydrogen (secondary N) is 3. The molecule has 0 radical (unpaired) electrons. The summed E-state index contributed by atoms with van der Waals surface area (Å²) in [5.74, 6) is 0.147. The highest BCUT2D eigenvalue weighted by Gasteiger charge is 2.29. The van der Waals surface area contributed by atoms with E-state index in [1.165, 1.54) is 6.07 Å². The van der Waals surface area contributed by atoms with Crippen molar-refractivity contribution in [2.45, 2.75) is 70.6 Å². The summed E-state index contributed by atoms with van der Waals surface area (Å²) in [6, 6.07) is 4.96. The Hall–Kier alpha value is -2.45. The number of aromatic nitrogens is 2. The van der Waals surface area contributed by atoms with Crippen LogP contribution in [0.3, 0.4) is 0 Å². The molecule has 178 valence electrons. The molecule has 1 aromatic carbocycles. The Bertz CT molecular complexity index is 981. The van der Waals surface area contributed by atoms with Gasteiger partial charge in [0.05, 0.1) is 17.3 Å². The Labute approximate surface area is 199 Å². The van der Waals surface area contributed by atoms with E-state index in [2.05, 4.69) is 25.9 Å². The average Bonchev–Trinajstić information content (AvgIpc) is 2.80. The molecule has 9 heteroatoms. The van der Waals surface area contributed by atoms with Crippen LogP contribution in [-0.4, -0.2) is 52.1 Å². The normalized spacial score (nSPS) is 19.2. The first-order valence-corrected chi connectivity index (χ1v) is 12.1. The first kappa shape index (κ1) is 23.7. The summed E-state index contributed by atoms with van der Waals surface area (Å²) in [6.07, 6.45) is 6.32. The van der Waals surface area contributed by atoms with E-state index < -0.39 is 5.82 Å². The lowest BCUT2D eigenvalue weighted by atomic mass is 9.93. The lowest BCUT2D eigenvalue weighted by Crippen LogP contribution is -2.56. The maximum atomic E-state index is 14.0. The van der Waals surface area contributed by atoms with Crippen LogP contribution in [0.25, 0.3) is 0 Å². The number of urea groups is 1. The zero-order chi connectivity index (χ0) is 23.4. The van der Waals surface area contributed by atoms with E-state index in [9.17, 15) is 9.18 Å². The van der Waals surface area contributed by atoms with Crippen molar-refractivity contribution in [1.29, 1.82) is 0 Å². The Morgan fingerprint density at radius 2 is 2.21 bits per heavy atom. The monoisotopic (exact) mass is 474 g/mol. The SMILES string of the molecule is CC(C)Nc1ncc2c(n1)CN(C(=O)N[C@@H](Cc1ccc(Cl)c(F)c1)C1CCCCN1)CC2. The standard InChI is InChI=1S/C24H32ClFN6O/c1-15(2)29-23-28-13-17-8-10-32(14-22(17)30-23)24(33)31-21(20-5-3-4-9-27-20)12-16-6-7-18(25)19(26)11-16/h6-7,11,13,15,20-21,27H,3-5,8-10,12,14H2,1-2H3,(H,31,33)(H,28,29,30)/t20?,21-/m0/s1. The number of benzene rings is 1. The van der Waals surface area contributed by atoms with Crippen molar-refractivity contribution < 1.29 is 9.18 Å². The van der Waals surface area contributed by atoms with E-state index in [-0.39, 0.29) is 29.2 Å². The molecule has 0 aliphatic carbocycles. The molecule has 3 heterocycles. The minimum atomic E-state index is -0.436. The topological polar surface area (TPSA) is 82.2 Å². The Morgan fingerprint density at radius 3 is 2.94 bits per heavy atom. The van der Waals surface area contributed by atoms with Crippen LogP contribution in [0.2, 0.25) is 5.02 Å². The molecule has 1 saturated heterocycles. The van der Waals surface area contributed by atoms with Gasteiger partial charge in [0.15, 0.2) is 0 Å². The molecule has 2 amide bonds. The van der Waals surface area contributed by atoms with Crippen LogP contribution in [0.1, 0.15) is 49.9 Å². The molecule has 0 saturated carbocycles. The molecule has 2 aliphatic heterocycles. The summed E-state index contributed by atoms with van der Waals surface area (Å²) in [5.41, 5.74) is 2.77. The molecule has 2 aliphatic rings. The molecule has 1 unspecified atom stereocenters. The van der Waals surface area contributed by atoms with Crippen molar-refractivity contribution in [2.75, 3.05) is 18.4 Å². The van der Waals surface area contributed by atoms with Gasteiger partial charge in [-0.1, -0.05) is 24.1 Å². The van der Waals surface area contributed by atoms with Crippen LogP contribution in [0.15, 0.2) is 24.4 Å². The fraction of sp³-hybridized carbons (Fsp3) is 0.542. The molecular weight excluding hydrogens is 443 g/mol. The quantitative estimate of drug-likeness (QED) is 0.591. The Kier molecular flexibility index (Phi) is 7.65. The van der Waals surface area contributed by atoms with Crippen LogP contribution in [0.5, 0.6) is 0 Å². The van der Waals surface area contributed by atoms with Crippen molar-refractivity contribution in [3.63, 3.8) is 0 Å². The third kappa shape index (κ3) is 6.12. The number of hydrogen-bond donors (Lipinski definition) is 3. The van der Waals surface area contributed by atoms with Crippen LogP contribution < -0.4 is 16.0 Å². The fourth-order valence-electron chi connectivity index (χ4n) is 4.49. The number of piperidine rings is 1. The van der Waals surface area contributed by atoms with Crippen molar-refractivity contribution >= 4 is 23.6 Å². The molecule has 1 aromatic heterocycles. The van der Waals surface area contributed by atoms with Crippen LogP contribution >= 0.6 is 11.6 Å².